The summed E-state index contributed by atoms with van der Waals surface area (Å²) in [6, 6.07) is 17.9. The first kappa shape index (κ1) is 16.1. The maximum absolute atomic E-state index is 12.2. The lowest BCUT2D eigenvalue weighted by molar-refractivity contribution is 0.0950. The zero-order valence-corrected chi connectivity index (χ0v) is 13.5. The molecule has 0 aliphatic rings. The number of carbonyl (C=O) groups excluding carboxylic acids is 1. The van der Waals surface area contributed by atoms with E-state index in [1.165, 1.54) is 0 Å². The van der Waals surface area contributed by atoms with Crippen molar-refractivity contribution >= 4 is 11.6 Å². The van der Waals surface area contributed by atoms with Gasteiger partial charge in [-0.15, -0.1) is 0 Å². The predicted molar refractivity (Wildman–Crippen MR) is 92.2 cm³/mol. The number of rotatable bonds is 6. The van der Waals surface area contributed by atoms with E-state index in [-0.39, 0.29) is 11.9 Å². The lowest BCUT2D eigenvalue weighted by Crippen LogP contribution is -2.39. The van der Waals surface area contributed by atoms with Gasteiger partial charge in [-0.2, -0.15) is 0 Å². The number of amides is 1. The van der Waals surface area contributed by atoms with Gasteiger partial charge in [0, 0.05) is 23.8 Å². The van der Waals surface area contributed by atoms with Crippen molar-refractivity contribution in [2.24, 2.45) is 5.92 Å². The molecule has 2 aromatic carbocycles. The van der Waals surface area contributed by atoms with Crippen LogP contribution in [0.25, 0.3) is 0 Å². The van der Waals surface area contributed by atoms with Gasteiger partial charge in [0.15, 0.2) is 0 Å². The summed E-state index contributed by atoms with van der Waals surface area (Å²) < 4.78 is 0. The molecule has 3 heteroatoms. The second kappa shape index (κ2) is 7.64. The molecule has 3 nitrogen and oxygen atoms in total. The van der Waals surface area contributed by atoms with Crippen LogP contribution in [-0.2, 0) is 0 Å². The van der Waals surface area contributed by atoms with Gasteiger partial charge in [-0.1, -0.05) is 49.7 Å². The number of para-hydroxylation sites is 1. The molecule has 0 aliphatic heterocycles. The van der Waals surface area contributed by atoms with Crippen LogP contribution in [0.3, 0.4) is 0 Å². The van der Waals surface area contributed by atoms with Crippen molar-refractivity contribution < 1.29 is 4.79 Å². The van der Waals surface area contributed by atoms with Gasteiger partial charge in [-0.05, 0) is 37.1 Å². The zero-order chi connectivity index (χ0) is 15.9. The second-order valence-electron chi connectivity index (χ2n) is 5.94. The van der Waals surface area contributed by atoms with Crippen LogP contribution in [0, 0.1) is 12.8 Å². The van der Waals surface area contributed by atoms with E-state index in [1.54, 1.807) is 0 Å². The van der Waals surface area contributed by atoms with Crippen LogP contribution in [0.2, 0.25) is 0 Å². The Balaban J connectivity index is 1.96. The van der Waals surface area contributed by atoms with Crippen molar-refractivity contribution in [1.82, 2.24) is 5.32 Å². The van der Waals surface area contributed by atoms with Crippen LogP contribution in [0.1, 0.15) is 29.8 Å². The Hall–Kier alpha value is -2.29. The monoisotopic (exact) mass is 296 g/mol. The molecule has 1 amide bonds. The molecule has 0 heterocycles. The van der Waals surface area contributed by atoms with Crippen LogP contribution in [0.4, 0.5) is 5.69 Å². The van der Waals surface area contributed by atoms with Gasteiger partial charge in [-0.3, -0.25) is 4.79 Å². The molecule has 2 N–H and O–H groups in total. The molecule has 0 aromatic heterocycles. The molecule has 0 aliphatic carbocycles. The van der Waals surface area contributed by atoms with Crippen molar-refractivity contribution in [3.05, 3.63) is 65.7 Å². The molecule has 0 bridgehead atoms. The molecular formula is C19H24N2O. The number of benzene rings is 2. The summed E-state index contributed by atoms with van der Waals surface area (Å²) in [5, 5.41) is 6.51. The van der Waals surface area contributed by atoms with Crippen molar-refractivity contribution in [3.63, 3.8) is 0 Å². The standard InChI is InChI=1S/C19H24N2O/c1-14(2)18(21-17-10-5-4-6-11-17)13-20-19(22)16-9-7-8-15(3)12-16/h4-12,14,18,21H,13H2,1-3H3,(H,20,22). The average molecular weight is 296 g/mol. The van der Waals surface area contributed by atoms with Crippen molar-refractivity contribution in [2.45, 2.75) is 26.8 Å². The largest absolute Gasteiger partial charge is 0.380 e. The smallest absolute Gasteiger partial charge is 0.251 e. The normalized spacial score (nSPS) is 12.0. The Labute approximate surface area is 132 Å². The summed E-state index contributed by atoms with van der Waals surface area (Å²) in [4.78, 5) is 12.2. The van der Waals surface area contributed by atoms with Crippen molar-refractivity contribution in [3.8, 4) is 0 Å². The van der Waals surface area contributed by atoms with E-state index in [2.05, 4.69) is 24.5 Å². The highest BCUT2D eigenvalue weighted by Gasteiger charge is 2.15. The number of anilines is 1. The van der Waals surface area contributed by atoms with E-state index in [9.17, 15) is 4.79 Å². The van der Waals surface area contributed by atoms with Crippen LogP contribution in [0.15, 0.2) is 54.6 Å². The summed E-state index contributed by atoms with van der Waals surface area (Å²) in [6.07, 6.45) is 0. The van der Waals surface area contributed by atoms with Gasteiger partial charge in [0.1, 0.15) is 0 Å². The molecule has 2 rings (SSSR count). The molecule has 2 aromatic rings. The van der Waals surface area contributed by atoms with Gasteiger partial charge in [0.05, 0.1) is 0 Å². The number of carbonyl (C=O) groups is 1. The molecular weight excluding hydrogens is 272 g/mol. The third kappa shape index (κ3) is 4.62. The number of hydrogen-bond donors (Lipinski definition) is 2. The molecule has 22 heavy (non-hydrogen) atoms. The fraction of sp³-hybridized carbons (Fsp3) is 0.316. The van der Waals surface area contributed by atoms with Gasteiger partial charge in [0.2, 0.25) is 0 Å². The third-order valence-electron chi connectivity index (χ3n) is 3.69. The molecule has 0 saturated carbocycles. The molecule has 0 spiro atoms. The molecule has 116 valence electrons. The van der Waals surface area contributed by atoms with E-state index in [0.29, 0.717) is 18.0 Å². The number of nitrogens with one attached hydrogen (secondary N) is 2. The van der Waals surface area contributed by atoms with E-state index in [0.717, 1.165) is 11.3 Å². The molecule has 0 saturated heterocycles. The minimum Gasteiger partial charge on any atom is -0.380 e. The van der Waals surface area contributed by atoms with Gasteiger partial charge >= 0.3 is 0 Å². The first-order valence-electron chi connectivity index (χ1n) is 7.72. The topological polar surface area (TPSA) is 41.1 Å². The molecule has 0 radical (unpaired) electrons. The summed E-state index contributed by atoms with van der Waals surface area (Å²) in [7, 11) is 0. The highest BCUT2D eigenvalue weighted by molar-refractivity contribution is 5.94. The Morgan fingerprint density at radius 2 is 1.77 bits per heavy atom. The predicted octanol–water partition coefficient (Wildman–Crippen LogP) is 3.86. The van der Waals surface area contributed by atoms with Gasteiger partial charge in [0.25, 0.3) is 5.91 Å². The van der Waals surface area contributed by atoms with Crippen LogP contribution < -0.4 is 10.6 Å². The Morgan fingerprint density at radius 3 is 2.41 bits per heavy atom. The van der Waals surface area contributed by atoms with Crippen molar-refractivity contribution in [2.75, 3.05) is 11.9 Å². The lowest BCUT2D eigenvalue weighted by Gasteiger charge is -2.24. The van der Waals surface area contributed by atoms with Crippen LogP contribution >= 0.6 is 0 Å². The van der Waals surface area contributed by atoms with E-state index in [4.69, 9.17) is 0 Å². The average Bonchev–Trinajstić information content (AvgIpc) is 2.51. The summed E-state index contributed by atoms with van der Waals surface area (Å²) in [5.74, 6) is 0.391. The van der Waals surface area contributed by atoms with Gasteiger partial charge < -0.3 is 10.6 Å². The van der Waals surface area contributed by atoms with E-state index >= 15 is 0 Å². The molecule has 0 fully saturated rings. The first-order valence-corrected chi connectivity index (χ1v) is 7.72. The van der Waals surface area contributed by atoms with Crippen LogP contribution in [0.5, 0.6) is 0 Å². The summed E-state index contributed by atoms with van der Waals surface area (Å²) in [6.45, 7) is 6.89. The third-order valence-corrected chi connectivity index (χ3v) is 3.69. The minimum absolute atomic E-state index is 0.0239. The summed E-state index contributed by atoms with van der Waals surface area (Å²) in [5.41, 5.74) is 2.88. The van der Waals surface area contributed by atoms with E-state index in [1.807, 2.05) is 61.5 Å². The highest BCUT2D eigenvalue weighted by atomic mass is 16.1. The quantitative estimate of drug-likeness (QED) is 0.850. The van der Waals surface area contributed by atoms with Gasteiger partial charge in [-0.25, -0.2) is 0 Å². The minimum atomic E-state index is -0.0239. The maximum Gasteiger partial charge on any atom is 0.251 e. The lowest BCUT2D eigenvalue weighted by atomic mass is 10.0. The summed E-state index contributed by atoms with van der Waals surface area (Å²) >= 11 is 0. The highest BCUT2D eigenvalue weighted by Crippen LogP contribution is 2.12. The SMILES string of the molecule is Cc1cccc(C(=O)NCC(Nc2ccccc2)C(C)C)c1. The number of aryl methyl sites for hydroxylation is 1. The Kier molecular flexibility index (Phi) is 5.59. The zero-order valence-electron chi connectivity index (χ0n) is 13.5. The fourth-order valence-electron chi connectivity index (χ4n) is 2.29. The second-order valence-corrected chi connectivity index (χ2v) is 5.94. The van der Waals surface area contributed by atoms with Crippen LogP contribution in [-0.4, -0.2) is 18.5 Å². The molecule has 1 unspecified atom stereocenters. The van der Waals surface area contributed by atoms with E-state index < -0.39 is 0 Å². The fourth-order valence-corrected chi connectivity index (χ4v) is 2.29. The Bertz CT molecular complexity index is 608. The van der Waals surface area contributed by atoms with Crippen molar-refractivity contribution in [1.29, 1.82) is 0 Å². The number of hydrogen-bond acceptors (Lipinski definition) is 2. The molecule has 1 atom stereocenters. The first-order chi connectivity index (χ1) is 10.6. The maximum atomic E-state index is 12.2. The Morgan fingerprint density at radius 1 is 1.05 bits per heavy atom.